The van der Waals surface area contributed by atoms with Gasteiger partial charge >= 0.3 is 5.97 Å². The summed E-state index contributed by atoms with van der Waals surface area (Å²) in [6, 6.07) is 0.475. The Bertz CT molecular complexity index is 206. The fourth-order valence-corrected chi connectivity index (χ4v) is 1.55. The predicted molar refractivity (Wildman–Crippen MR) is 53.3 cm³/mol. The van der Waals surface area contributed by atoms with E-state index < -0.39 is 12.1 Å². The maximum atomic E-state index is 10.6. The van der Waals surface area contributed by atoms with E-state index in [2.05, 4.69) is 18.7 Å². The highest BCUT2D eigenvalue weighted by Crippen LogP contribution is 2.20. The molecule has 4 nitrogen and oxygen atoms in total. The van der Waals surface area contributed by atoms with E-state index in [-0.39, 0.29) is 6.10 Å². The monoisotopic (exact) mass is 201 g/mol. The number of rotatable bonds is 4. The summed E-state index contributed by atoms with van der Waals surface area (Å²) >= 11 is 0. The van der Waals surface area contributed by atoms with Crippen molar-refractivity contribution in [3.05, 3.63) is 0 Å². The van der Waals surface area contributed by atoms with E-state index in [1.807, 2.05) is 7.05 Å². The highest BCUT2D eigenvalue weighted by Gasteiger charge is 2.31. The maximum Gasteiger partial charge on any atom is 0.332 e. The van der Waals surface area contributed by atoms with E-state index in [1.165, 1.54) is 0 Å². The average molecular weight is 201 g/mol. The molecule has 1 aliphatic heterocycles. The van der Waals surface area contributed by atoms with E-state index in [4.69, 9.17) is 9.84 Å². The second-order valence-corrected chi connectivity index (χ2v) is 4.20. The lowest BCUT2D eigenvalue weighted by molar-refractivity contribution is -0.149. The topological polar surface area (TPSA) is 49.8 Å². The molecule has 0 radical (unpaired) electrons. The summed E-state index contributed by atoms with van der Waals surface area (Å²) in [6.45, 7) is 5.05. The van der Waals surface area contributed by atoms with E-state index in [9.17, 15) is 4.79 Å². The number of ether oxygens (including phenoxy) is 1. The third-order valence-electron chi connectivity index (χ3n) is 2.76. The van der Waals surface area contributed by atoms with Crippen molar-refractivity contribution in [2.45, 2.75) is 44.9 Å². The van der Waals surface area contributed by atoms with Gasteiger partial charge < -0.3 is 14.7 Å². The molecule has 0 aromatic rings. The Morgan fingerprint density at radius 1 is 1.57 bits per heavy atom. The Hall–Kier alpha value is -0.610. The van der Waals surface area contributed by atoms with Gasteiger partial charge in [0.1, 0.15) is 0 Å². The van der Waals surface area contributed by atoms with E-state index in [0.29, 0.717) is 12.5 Å². The van der Waals surface area contributed by atoms with Crippen LogP contribution in [0.4, 0.5) is 0 Å². The Balaban J connectivity index is 2.32. The van der Waals surface area contributed by atoms with Gasteiger partial charge in [-0.1, -0.05) is 0 Å². The van der Waals surface area contributed by atoms with Crippen LogP contribution in [0.1, 0.15) is 26.7 Å². The standard InChI is InChI=1S/C10H19NO3/c1-7(2)11(3)6-8-4-5-9(14-8)10(12)13/h7-9H,4-6H2,1-3H3,(H,12,13)/t8-,9+/m1/s1. The first-order chi connectivity index (χ1) is 6.50. The van der Waals surface area contributed by atoms with Gasteiger partial charge in [-0.25, -0.2) is 4.79 Å². The van der Waals surface area contributed by atoms with Gasteiger partial charge in [0, 0.05) is 12.6 Å². The highest BCUT2D eigenvalue weighted by atomic mass is 16.5. The summed E-state index contributed by atoms with van der Waals surface area (Å²) in [5.41, 5.74) is 0. The van der Waals surface area contributed by atoms with E-state index in [1.54, 1.807) is 0 Å². The number of carboxylic acid groups (broad SMARTS) is 1. The Morgan fingerprint density at radius 3 is 2.64 bits per heavy atom. The fourth-order valence-electron chi connectivity index (χ4n) is 1.55. The van der Waals surface area contributed by atoms with Gasteiger partial charge in [-0.2, -0.15) is 0 Å². The van der Waals surface area contributed by atoms with Gasteiger partial charge in [0.25, 0.3) is 0 Å². The molecule has 0 unspecified atom stereocenters. The summed E-state index contributed by atoms with van der Waals surface area (Å²) in [6.07, 6.45) is 1.00. The molecule has 0 aromatic carbocycles. The zero-order valence-corrected chi connectivity index (χ0v) is 9.06. The summed E-state index contributed by atoms with van der Waals surface area (Å²) in [7, 11) is 2.03. The van der Waals surface area contributed by atoms with Crippen molar-refractivity contribution < 1.29 is 14.6 Å². The van der Waals surface area contributed by atoms with Gasteiger partial charge in [0.05, 0.1) is 6.10 Å². The number of hydrogen-bond acceptors (Lipinski definition) is 3. The minimum atomic E-state index is -0.834. The van der Waals surface area contributed by atoms with Crippen molar-refractivity contribution in [3.63, 3.8) is 0 Å². The van der Waals surface area contributed by atoms with Crippen LogP contribution in [0.25, 0.3) is 0 Å². The third kappa shape index (κ3) is 2.96. The molecule has 0 bridgehead atoms. The molecule has 1 N–H and O–H groups in total. The van der Waals surface area contributed by atoms with Gasteiger partial charge in [-0.3, -0.25) is 0 Å². The number of nitrogens with zero attached hydrogens (tertiary/aromatic N) is 1. The molecule has 1 heterocycles. The van der Waals surface area contributed by atoms with Crippen LogP contribution in [-0.4, -0.2) is 47.8 Å². The van der Waals surface area contributed by atoms with Crippen molar-refractivity contribution >= 4 is 5.97 Å². The van der Waals surface area contributed by atoms with Crippen LogP contribution in [0, 0.1) is 0 Å². The zero-order valence-electron chi connectivity index (χ0n) is 9.06. The quantitative estimate of drug-likeness (QED) is 0.736. The van der Waals surface area contributed by atoms with Gasteiger partial charge in [-0.05, 0) is 33.7 Å². The second-order valence-electron chi connectivity index (χ2n) is 4.20. The second kappa shape index (κ2) is 4.75. The Kier molecular flexibility index (Phi) is 3.89. The lowest BCUT2D eigenvalue weighted by Crippen LogP contribution is -2.34. The van der Waals surface area contributed by atoms with Crippen LogP contribution < -0.4 is 0 Å². The van der Waals surface area contributed by atoms with Crippen molar-refractivity contribution in [2.75, 3.05) is 13.6 Å². The molecule has 14 heavy (non-hydrogen) atoms. The Morgan fingerprint density at radius 2 is 2.21 bits per heavy atom. The molecule has 4 heteroatoms. The maximum absolute atomic E-state index is 10.6. The molecule has 82 valence electrons. The van der Waals surface area contributed by atoms with Crippen molar-refractivity contribution in [1.29, 1.82) is 0 Å². The third-order valence-corrected chi connectivity index (χ3v) is 2.76. The van der Waals surface area contributed by atoms with Crippen LogP contribution >= 0.6 is 0 Å². The summed E-state index contributed by atoms with van der Waals surface area (Å²) in [5, 5.41) is 8.74. The largest absolute Gasteiger partial charge is 0.479 e. The highest BCUT2D eigenvalue weighted by molar-refractivity contribution is 5.72. The van der Waals surface area contributed by atoms with Crippen LogP contribution in [0.3, 0.4) is 0 Å². The molecule has 0 aliphatic carbocycles. The van der Waals surface area contributed by atoms with Crippen LogP contribution in [0.15, 0.2) is 0 Å². The lowest BCUT2D eigenvalue weighted by Gasteiger charge is -2.24. The fraction of sp³-hybridized carbons (Fsp3) is 0.900. The number of carboxylic acids is 1. The van der Waals surface area contributed by atoms with Crippen molar-refractivity contribution in [1.82, 2.24) is 4.90 Å². The number of hydrogen-bond donors (Lipinski definition) is 1. The predicted octanol–water partition coefficient (Wildman–Crippen LogP) is 0.959. The van der Waals surface area contributed by atoms with Gasteiger partial charge in [0.2, 0.25) is 0 Å². The molecule has 1 aliphatic rings. The normalized spacial score (nSPS) is 27.5. The summed E-state index contributed by atoms with van der Waals surface area (Å²) in [4.78, 5) is 12.8. The number of likely N-dealkylation sites (N-methyl/N-ethyl adjacent to an activating group) is 1. The molecular formula is C10H19NO3. The van der Waals surface area contributed by atoms with Crippen molar-refractivity contribution in [2.24, 2.45) is 0 Å². The van der Waals surface area contributed by atoms with Gasteiger partial charge in [0.15, 0.2) is 6.10 Å². The molecule has 0 aromatic heterocycles. The molecule has 0 saturated carbocycles. The lowest BCUT2D eigenvalue weighted by atomic mass is 10.2. The van der Waals surface area contributed by atoms with Crippen LogP contribution in [-0.2, 0) is 9.53 Å². The van der Waals surface area contributed by atoms with Crippen LogP contribution in [0.5, 0.6) is 0 Å². The van der Waals surface area contributed by atoms with E-state index in [0.717, 1.165) is 13.0 Å². The number of aliphatic carboxylic acids is 1. The first-order valence-corrected chi connectivity index (χ1v) is 5.09. The summed E-state index contributed by atoms with van der Waals surface area (Å²) in [5.74, 6) is -0.834. The minimum absolute atomic E-state index is 0.0866. The van der Waals surface area contributed by atoms with E-state index >= 15 is 0 Å². The molecule has 0 amide bonds. The molecular weight excluding hydrogens is 182 g/mol. The molecule has 2 atom stereocenters. The SMILES string of the molecule is CC(C)N(C)C[C@H]1CC[C@@H](C(=O)O)O1. The molecule has 1 rings (SSSR count). The molecule has 1 saturated heterocycles. The smallest absolute Gasteiger partial charge is 0.332 e. The first-order valence-electron chi connectivity index (χ1n) is 5.09. The molecule has 1 fully saturated rings. The minimum Gasteiger partial charge on any atom is -0.479 e. The van der Waals surface area contributed by atoms with Gasteiger partial charge in [-0.15, -0.1) is 0 Å². The average Bonchev–Trinajstić information content (AvgIpc) is 2.52. The number of carbonyl (C=O) groups is 1. The van der Waals surface area contributed by atoms with Crippen LogP contribution in [0.2, 0.25) is 0 Å². The van der Waals surface area contributed by atoms with Crippen molar-refractivity contribution in [3.8, 4) is 0 Å². The first kappa shape index (κ1) is 11.5. The summed E-state index contributed by atoms with van der Waals surface area (Å²) < 4.78 is 5.40. The molecule has 0 spiro atoms. The Labute approximate surface area is 84.8 Å². The zero-order chi connectivity index (χ0) is 10.7.